The number of carbonyl (C=O) groups is 2. The van der Waals surface area contributed by atoms with Gasteiger partial charge in [-0.05, 0) is 29.8 Å². The van der Waals surface area contributed by atoms with E-state index < -0.39 is 35.8 Å². The fraction of sp³-hybridized carbons (Fsp3) is 0.259. The normalized spacial score (nSPS) is 16.4. The molecule has 0 radical (unpaired) electrons. The maximum Gasteiger partial charge on any atom is 0.416 e. The number of hydrogen-bond acceptors (Lipinski definition) is 8. The molecular formula is C27H24F3NO8. The molecule has 9 nitrogen and oxygen atoms in total. The molecule has 1 heterocycles. The summed E-state index contributed by atoms with van der Waals surface area (Å²) in [5.74, 6) is 0.547. The second-order valence-electron chi connectivity index (χ2n) is 8.25. The Bertz CT molecular complexity index is 1370. The number of ether oxygens (including phenoxy) is 6. The van der Waals surface area contributed by atoms with Gasteiger partial charge in [-0.2, -0.15) is 13.2 Å². The van der Waals surface area contributed by atoms with Crippen LogP contribution in [0, 0.1) is 0 Å². The minimum Gasteiger partial charge on any atom is -0.497 e. The smallest absolute Gasteiger partial charge is 0.416 e. The predicted octanol–water partition coefficient (Wildman–Crippen LogP) is 5.67. The highest BCUT2D eigenvalue weighted by Gasteiger charge is 2.42. The second kappa shape index (κ2) is 11.0. The Balaban J connectivity index is 1.69. The fourth-order valence-corrected chi connectivity index (χ4v) is 4.09. The van der Waals surface area contributed by atoms with Crippen molar-refractivity contribution in [3.63, 3.8) is 0 Å². The summed E-state index contributed by atoms with van der Waals surface area (Å²) < 4.78 is 72.6. The zero-order valence-electron chi connectivity index (χ0n) is 21.3. The Hall–Kier alpha value is -4.61. The molecule has 0 fully saturated rings. The zero-order chi connectivity index (χ0) is 28.3. The number of hydrogen-bond donors (Lipinski definition) is 1. The quantitative estimate of drug-likeness (QED) is 0.404. The number of methoxy groups -OCH3 is 4. The van der Waals surface area contributed by atoms with E-state index in [0.29, 0.717) is 5.75 Å². The lowest BCUT2D eigenvalue weighted by atomic mass is 9.92. The first-order chi connectivity index (χ1) is 18.6. The molecule has 1 amide bonds. The van der Waals surface area contributed by atoms with Crippen LogP contribution in [0.25, 0.3) is 0 Å². The van der Waals surface area contributed by atoms with Crippen LogP contribution in [0.3, 0.4) is 0 Å². The second-order valence-corrected chi connectivity index (χ2v) is 8.25. The first kappa shape index (κ1) is 27.4. The maximum atomic E-state index is 13.4. The zero-order valence-corrected chi connectivity index (χ0v) is 21.3. The summed E-state index contributed by atoms with van der Waals surface area (Å²) in [6.45, 7) is 0. The summed E-state index contributed by atoms with van der Waals surface area (Å²) in [7, 11) is 5.61. The average Bonchev–Trinajstić information content (AvgIpc) is 2.93. The summed E-state index contributed by atoms with van der Waals surface area (Å²) in [5.41, 5.74) is -0.714. The number of halogens is 3. The van der Waals surface area contributed by atoms with Gasteiger partial charge in [0.1, 0.15) is 11.5 Å². The topological polar surface area (TPSA) is 102 Å². The first-order valence-electron chi connectivity index (χ1n) is 11.4. The van der Waals surface area contributed by atoms with E-state index in [0.717, 1.165) is 12.1 Å². The van der Waals surface area contributed by atoms with Crippen molar-refractivity contribution < 1.29 is 51.2 Å². The minimum atomic E-state index is -4.64. The van der Waals surface area contributed by atoms with Gasteiger partial charge in [-0.3, -0.25) is 10.1 Å². The van der Waals surface area contributed by atoms with E-state index in [1.54, 1.807) is 0 Å². The molecule has 0 aromatic heterocycles. The molecule has 3 aromatic rings. The summed E-state index contributed by atoms with van der Waals surface area (Å²) in [4.78, 5) is 26.4. The van der Waals surface area contributed by atoms with Crippen molar-refractivity contribution in [3.8, 4) is 28.7 Å². The number of nitrogens with one attached hydrogen (secondary N) is 1. The third-order valence-corrected chi connectivity index (χ3v) is 5.93. The Morgan fingerprint density at radius 3 is 2.18 bits per heavy atom. The Kier molecular flexibility index (Phi) is 7.75. The van der Waals surface area contributed by atoms with Gasteiger partial charge >= 0.3 is 12.3 Å². The van der Waals surface area contributed by atoms with Gasteiger partial charge in [0.15, 0.2) is 17.6 Å². The van der Waals surface area contributed by atoms with Gasteiger partial charge in [-0.25, -0.2) is 4.79 Å². The number of amides is 1. The van der Waals surface area contributed by atoms with Gasteiger partial charge in [0.2, 0.25) is 17.6 Å². The molecule has 1 aliphatic heterocycles. The van der Waals surface area contributed by atoms with Crippen LogP contribution in [0.15, 0.2) is 54.6 Å². The SMILES string of the molecule is COc1ccc2c(c1)O[C@@H](c1cccc(C(F)(F)F)c1)C(OC(=O)Nc1cc(OC)c(OC)c(OC)c1)C2=O. The maximum absolute atomic E-state index is 13.4. The fourth-order valence-electron chi connectivity index (χ4n) is 4.09. The van der Waals surface area contributed by atoms with Crippen molar-refractivity contribution in [1.82, 2.24) is 0 Å². The number of alkyl halides is 3. The van der Waals surface area contributed by atoms with Crippen LogP contribution in [0.1, 0.15) is 27.6 Å². The van der Waals surface area contributed by atoms with Gasteiger partial charge in [-0.1, -0.05) is 12.1 Å². The molecule has 2 atom stereocenters. The number of Topliss-reactive ketones (excluding diaryl/α,β-unsaturated/α-hetero) is 1. The minimum absolute atomic E-state index is 0.0165. The van der Waals surface area contributed by atoms with Crippen molar-refractivity contribution in [2.75, 3.05) is 33.8 Å². The van der Waals surface area contributed by atoms with E-state index >= 15 is 0 Å². The van der Waals surface area contributed by atoms with Crippen molar-refractivity contribution in [3.05, 3.63) is 71.3 Å². The van der Waals surface area contributed by atoms with E-state index in [1.807, 2.05) is 0 Å². The van der Waals surface area contributed by atoms with Crippen LogP contribution >= 0.6 is 0 Å². The van der Waals surface area contributed by atoms with Crippen LogP contribution < -0.4 is 29.0 Å². The molecule has 0 bridgehead atoms. The Morgan fingerprint density at radius 2 is 1.59 bits per heavy atom. The molecule has 4 rings (SSSR count). The number of carbonyl (C=O) groups excluding carboxylic acids is 2. The van der Waals surface area contributed by atoms with Gasteiger partial charge < -0.3 is 28.4 Å². The van der Waals surface area contributed by atoms with Crippen LogP contribution in [-0.2, 0) is 10.9 Å². The number of ketones is 1. The van der Waals surface area contributed by atoms with E-state index in [1.165, 1.54) is 70.9 Å². The molecule has 0 saturated heterocycles. The van der Waals surface area contributed by atoms with Crippen LogP contribution in [0.2, 0.25) is 0 Å². The average molecular weight is 547 g/mol. The molecule has 0 aliphatic carbocycles. The molecule has 3 aromatic carbocycles. The third-order valence-electron chi connectivity index (χ3n) is 5.93. The van der Waals surface area contributed by atoms with E-state index in [-0.39, 0.29) is 39.8 Å². The van der Waals surface area contributed by atoms with Crippen molar-refractivity contribution in [2.24, 2.45) is 0 Å². The van der Waals surface area contributed by atoms with Crippen LogP contribution in [0.4, 0.5) is 23.7 Å². The molecule has 0 spiro atoms. The molecule has 206 valence electrons. The highest BCUT2D eigenvalue weighted by atomic mass is 19.4. The third kappa shape index (κ3) is 5.64. The number of anilines is 1. The molecule has 1 N–H and O–H groups in total. The lowest BCUT2D eigenvalue weighted by Gasteiger charge is -2.32. The Labute approximate surface area is 221 Å². The molecule has 1 unspecified atom stereocenters. The number of rotatable bonds is 7. The highest BCUT2D eigenvalue weighted by molar-refractivity contribution is 6.04. The molecular weight excluding hydrogens is 523 g/mol. The largest absolute Gasteiger partial charge is 0.497 e. The summed E-state index contributed by atoms with van der Waals surface area (Å²) in [6, 6.07) is 11.5. The first-order valence-corrected chi connectivity index (χ1v) is 11.4. The highest BCUT2D eigenvalue weighted by Crippen LogP contribution is 2.42. The standard InChI is InChI=1S/C27H24F3NO8/c1-34-17-8-9-18-19(13-17)38-23(14-6-5-7-15(10-14)27(28,29)30)25(22(18)32)39-26(33)31-16-11-20(35-2)24(37-4)21(12-16)36-3/h5-13,23,25H,1-4H3,(H,31,33)/t23-,25?/m0/s1. The lowest BCUT2D eigenvalue weighted by Crippen LogP contribution is -2.41. The van der Waals surface area contributed by atoms with Crippen molar-refractivity contribution in [1.29, 1.82) is 0 Å². The monoisotopic (exact) mass is 547 g/mol. The Morgan fingerprint density at radius 1 is 0.897 bits per heavy atom. The van der Waals surface area contributed by atoms with Crippen molar-refractivity contribution >= 4 is 17.6 Å². The van der Waals surface area contributed by atoms with Gasteiger partial charge in [0, 0.05) is 18.2 Å². The van der Waals surface area contributed by atoms with Crippen LogP contribution in [-0.4, -0.2) is 46.4 Å². The number of benzene rings is 3. The predicted molar refractivity (Wildman–Crippen MR) is 132 cm³/mol. The summed E-state index contributed by atoms with van der Waals surface area (Å²) in [5, 5.41) is 2.48. The molecule has 12 heteroatoms. The molecule has 39 heavy (non-hydrogen) atoms. The molecule has 0 saturated carbocycles. The van der Waals surface area contributed by atoms with Crippen molar-refractivity contribution in [2.45, 2.75) is 18.4 Å². The number of fused-ring (bicyclic) bond motifs is 1. The lowest BCUT2D eigenvalue weighted by molar-refractivity contribution is -0.137. The van der Waals surface area contributed by atoms with E-state index in [2.05, 4.69) is 5.32 Å². The van der Waals surface area contributed by atoms with Gasteiger partial charge in [0.05, 0.1) is 45.3 Å². The van der Waals surface area contributed by atoms with Gasteiger partial charge in [-0.15, -0.1) is 0 Å². The summed E-state index contributed by atoms with van der Waals surface area (Å²) >= 11 is 0. The summed E-state index contributed by atoms with van der Waals surface area (Å²) in [6.07, 6.45) is -8.71. The van der Waals surface area contributed by atoms with Crippen LogP contribution in [0.5, 0.6) is 28.7 Å². The van der Waals surface area contributed by atoms with Gasteiger partial charge in [0.25, 0.3) is 0 Å². The molecule has 1 aliphatic rings. The van der Waals surface area contributed by atoms with E-state index in [9.17, 15) is 22.8 Å². The van der Waals surface area contributed by atoms with E-state index in [4.69, 9.17) is 28.4 Å².